The molecular weight excluding hydrogens is 562 g/mol. The molecule has 12 nitrogen and oxygen atoms in total. The molecule has 0 radical (unpaired) electrons. The summed E-state index contributed by atoms with van der Waals surface area (Å²) in [4.78, 5) is 50.1. The van der Waals surface area contributed by atoms with Crippen molar-refractivity contribution in [2.45, 2.75) is 111 Å². The summed E-state index contributed by atoms with van der Waals surface area (Å²) in [5.74, 6) is -1.21. The van der Waals surface area contributed by atoms with Gasteiger partial charge in [0, 0.05) is 12.5 Å². The van der Waals surface area contributed by atoms with E-state index in [9.17, 15) is 24.3 Å². The number of carboxylic acids is 1. The van der Waals surface area contributed by atoms with Gasteiger partial charge in [-0.3, -0.25) is 5.32 Å². The van der Waals surface area contributed by atoms with Gasteiger partial charge in [0.2, 0.25) is 0 Å². The molecule has 0 aromatic heterocycles. The number of carboxylic acid groups (broad SMARTS) is 1. The molecule has 1 aromatic rings. The first-order valence-electron chi connectivity index (χ1n) is 15.0. The Morgan fingerprint density at radius 3 is 1.91 bits per heavy atom. The van der Waals surface area contributed by atoms with Crippen LogP contribution in [0.25, 0.3) is 0 Å². The van der Waals surface area contributed by atoms with Crippen molar-refractivity contribution in [3.63, 3.8) is 0 Å². The average molecular weight is 610 g/mol. The van der Waals surface area contributed by atoms with Gasteiger partial charge in [0.15, 0.2) is 11.5 Å². The summed E-state index contributed by atoms with van der Waals surface area (Å²) in [5, 5.41) is 13.1. The molecule has 2 N–H and O–H groups in total. The Morgan fingerprint density at radius 1 is 0.837 bits per heavy atom. The van der Waals surface area contributed by atoms with Gasteiger partial charge in [-0.15, -0.1) is 0 Å². The Labute approximate surface area is 253 Å². The molecule has 43 heavy (non-hydrogen) atoms. The predicted molar refractivity (Wildman–Crippen MR) is 156 cm³/mol. The molecule has 0 amide bonds. The summed E-state index contributed by atoms with van der Waals surface area (Å²) < 4.78 is 31.8. The van der Waals surface area contributed by atoms with Crippen LogP contribution in [0.5, 0.6) is 11.5 Å². The molecule has 1 aliphatic rings. The van der Waals surface area contributed by atoms with Crippen molar-refractivity contribution >= 4 is 24.4 Å². The van der Waals surface area contributed by atoms with Gasteiger partial charge in [-0.25, -0.2) is 19.2 Å². The highest BCUT2D eigenvalue weighted by Crippen LogP contribution is 2.32. The van der Waals surface area contributed by atoms with E-state index < -0.39 is 36.2 Å². The molecule has 0 saturated heterocycles. The van der Waals surface area contributed by atoms with Gasteiger partial charge in [0.1, 0.15) is 6.10 Å². The van der Waals surface area contributed by atoms with Crippen LogP contribution in [0.3, 0.4) is 0 Å². The molecule has 1 atom stereocenters. The fourth-order valence-corrected chi connectivity index (χ4v) is 4.36. The quantitative estimate of drug-likeness (QED) is 0.0950. The van der Waals surface area contributed by atoms with Crippen LogP contribution >= 0.6 is 0 Å². The van der Waals surface area contributed by atoms with Crippen LogP contribution in [0.2, 0.25) is 0 Å². The molecule has 1 saturated carbocycles. The molecule has 0 spiro atoms. The van der Waals surface area contributed by atoms with Gasteiger partial charge in [-0.1, -0.05) is 40.2 Å². The first-order chi connectivity index (χ1) is 20.3. The number of hydrogen-bond acceptors (Lipinski definition) is 11. The van der Waals surface area contributed by atoms with Gasteiger partial charge in [0.05, 0.1) is 13.2 Å². The van der Waals surface area contributed by atoms with Crippen molar-refractivity contribution in [2.75, 3.05) is 13.2 Å². The van der Waals surface area contributed by atoms with Crippen LogP contribution < -0.4 is 14.8 Å². The summed E-state index contributed by atoms with van der Waals surface area (Å²) in [6.07, 6.45) is 1.62. The lowest BCUT2D eigenvalue weighted by atomic mass is 9.98. The number of ether oxygens (including phenoxy) is 6. The van der Waals surface area contributed by atoms with E-state index in [0.717, 1.165) is 19.3 Å². The van der Waals surface area contributed by atoms with E-state index in [1.807, 2.05) is 27.7 Å². The first-order valence-corrected chi connectivity index (χ1v) is 15.0. The van der Waals surface area contributed by atoms with Crippen molar-refractivity contribution in [3.8, 4) is 11.5 Å². The number of aliphatic carboxylic acids is 1. The Balaban J connectivity index is 2.32. The number of hydrogen-bond donors (Lipinski definition) is 2. The molecule has 1 fully saturated rings. The summed E-state index contributed by atoms with van der Waals surface area (Å²) in [7, 11) is 0. The normalized spacial score (nSPS) is 15.1. The van der Waals surface area contributed by atoms with Crippen LogP contribution in [0.1, 0.15) is 92.1 Å². The van der Waals surface area contributed by atoms with Crippen LogP contribution in [-0.4, -0.2) is 60.6 Å². The number of carbonyl (C=O) groups excluding carboxylic acids is 3. The highest BCUT2D eigenvalue weighted by molar-refractivity contribution is 5.80. The first kappa shape index (κ1) is 35.7. The number of benzene rings is 1. The van der Waals surface area contributed by atoms with Gasteiger partial charge in [0.25, 0.3) is 5.72 Å². The topological polar surface area (TPSA) is 156 Å². The molecule has 12 heteroatoms. The molecular formula is C31H47NO11. The van der Waals surface area contributed by atoms with Gasteiger partial charge in [-0.2, -0.15) is 0 Å². The minimum Gasteiger partial charge on any atom is -0.477 e. The van der Waals surface area contributed by atoms with E-state index in [0.29, 0.717) is 31.6 Å². The lowest BCUT2D eigenvalue weighted by Crippen LogP contribution is -2.59. The van der Waals surface area contributed by atoms with Gasteiger partial charge in [-0.05, 0) is 81.9 Å². The summed E-state index contributed by atoms with van der Waals surface area (Å²) in [6, 6.07) is 3.70. The highest BCUT2D eigenvalue weighted by Gasteiger charge is 2.45. The predicted octanol–water partition coefficient (Wildman–Crippen LogP) is 6.62. The number of carbonyl (C=O) groups is 4. The fourth-order valence-electron chi connectivity index (χ4n) is 4.36. The lowest BCUT2D eigenvalue weighted by Gasteiger charge is -2.32. The SMILES string of the molecule is CC(C)CCOC(=O)Oc1ccc(C[C@](NC(C)C)(OC(=O)OC2CCCCC2)C(=O)O)cc1OC(=O)OCCC(C)C. The Kier molecular flexibility index (Phi) is 14.5. The maximum Gasteiger partial charge on any atom is 0.513 e. The van der Waals surface area contributed by atoms with Crippen LogP contribution in [-0.2, 0) is 30.2 Å². The van der Waals surface area contributed by atoms with E-state index in [4.69, 9.17) is 28.4 Å². The molecule has 0 heterocycles. The zero-order valence-electron chi connectivity index (χ0n) is 26.1. The Bertz CT molecular complexity index is 1070. The van der Waals surface area contributed by atoms with Crippen molar-refractivity contribution in [2.24, 2.45) is 11.8 Å². The van der Waals surface area contributed by atoms with E-state index in [-0.39, 0.29) is 48.7 Å². The second-order valence-electron chi connectivity index (χ2n) is 11.9. The fraction of sp³-hybridized carbons (Fsp3) is 0.677. The minimum absolute atomic E-state index is 0.112. The van der Waals surface area contributed by atoms with Crippen molar-refractivity contribution in [3.05, 3.63) is 23.8 Å². The van der Waals surface area contributed by atoms with Crippen molar-refractivity contribution < 1.29 is 52.7 Å². The third-order valence-electron chi connectivity index (χ3n) is 6.62. The van der Waals surface area contributed by atoms with Crippen molar-refractivity contribution in [1.29, 1.82) is 0 Å². The molecule has 1 aromatic carbocycles. The molecule has 0 aliphatic heterocycles. The largest absolute Gasteiger partial charge is 0.513 e. The van der Waals surface area contributed by atoms with E-state index in [1.165, 1.54) is 18.2 Å². The monoisotopic (exact) mass is 609 g/mol. The lowest BCUT2D eigenvalue weighted by molar-refractivity contribution is -0.168. The highest BCUT2D eigenvalue weighted by atomic mass is 16.8. The summed E-state index contributed by atoms with van der Waals surface area (Å²) in [6.45, 7) is 11.6. The molecule has 0 bridgehead atoms. The zero-order chi connectivity index (χ0) is 32.0. The molecule has 1 aliphatic carbocycles. The maximum atomic E-state index is 12.8. The van der Waals surface area contributed by atoms with E-state index in [2.05, 4.69) is 5.32 Å². The average Bonchev–Trinajstić information content (AvgIpc) is 2.89. The minimum atomic E-state index is -2.22. The third-order valence-corrected chi connectivity index (χ3v) is 6.62. The molecule has 2 rings (SSSR count). The standard InChI is InChI=1S/C31H47NO11/c1-20(2)14-16-38-28(35)41-25-13-12-23(18-26(25)42-29(36)39-17-15-21(3)4)19-31(27(33)34,32-22(5)6)43-30(37)40-24-10-8-7-9-11-24/h12-13,18,20-22,24,32H,7-11,14-17,19H2,1-6H3,(H,33,34)/t31-/m0/s1. The van der Waals surface area contributed by atoms with Crippen LogP contribution in [0, 0.1) is 11.8 Å². The molecule has 0 unspecified atom stereocenters. The Hall–Kier alpha value is -3.54. The third kappa shape index (κ3) is 13.1. The van der Waals surface area contributed by atoms with E-state index >= 15 is 0 Å². The maximum absolute atomic E-state index is 12.8. The van der Waals surface area contributed by atoms with Gasteiger partial charge < -0.3 is 33.5 Å². The second-order valence-corrected chi connectivity index (χ2v) is 11.9. The molecule has 242 valence electrons. The summed E-state index contributed by atoms with van der Waals surface area (Å²) in [5.41, 5.74) is -1.93. The smallest absolute Gasteiger partial charge is 0.477 e. The zero-order valence-corrected chi connectivity index (χ0v) is 26.1. The number of rotatable bonds is 15. The number of nitrogens with one attached hydrogen (secondary N) is 1. The van der Waals surface area contributed by atoms with Gasteiger partial charge >= 0.3 is 24.4 Å². The summed E-state index contributed by atoms with van der Waals surface area (Å²) >= 11 is 0. The Morgan fingerprint density at radius 2 is 1.40 bits per heavy atom. The second kappa shape index (κ2) is 17.5. The van der Waals surface area contributed by atoms with E-state index in [1.54, 1.807) is 13.8 Å². The van der Waals surface area contributed by atoms with Crippen molar-refractivity contribution in [1.82, 2.24) is 5.32 Å². The van der Waals surface area contributed by atoms with Crippen LogP contribution in [0.4, 0.5) is 14.4 Å². The van der Waals surface area contributed by atoms with Crippen LogP contribution in [0.15, 0.2) is 18.2 Å².